The molecule has 0 unspecified atom stereocenters. The summed E-state index contributed by atoms with van der Waals surface area (Å²) in [5, 5.41) is 2.12. The van der Waals surface area contributed by atoms with E-state index in [0.29, 0.717) is 0 Å². The topological polar surface area (TPSA) is 29.3 Å². The maximum atomic E-state index is 6.20. The van der Waals surface area contributed by atoms with Gasteiger partial charge in [0.1, 0.15) is 0 Å². The van der Waals surface area contributed by atoms with Crippen LogP contribution in [0.25, 0.3) is 0 Å². The third-order valence-electron chi connectivity index (χ3n) is 3.20. The quantitative estimate of drug-likeness (QED) is 0.865. The molecule has 1 heterocycles. The Labute approximate surface area is 127 Å². The van der Waals surface area contributed by atoms with Crippen LogP contribution in [-0.4, -0.2) is 7.05 Å². The standard InChI is InChI=1S/C15H19BrN2S/c1-3-14(17)13-6-4-5-7-15(13)18(2)9-12-8-11(16)10-19-12/h4-8,10,14H,3,9,17H2,1-2H3/t14-/m1/s1. The van der Waals surface area contributed by atoms with E-state index >= 15 is 0 Å². The number of nitrogens with zero attached hydrogens (tertiary/aromatic N) is 1. The molecule has 1 aromatic carbocycles. The van der Waals surface area contributed by atoms with Crippen LogP contribution in [0.5, 0.6) is 0 Å². The van der Waals surface area contributed by atoms with E-state index in [4.69, 9.17) is 5.73 Å². The van der Waals surface area contributed by atoms with E-state index in [0.717, 1.165) is 17.4 Å². The van der Waals surface area contributed by atoms with Crippen LogP contribution in [-0.2, 0) is 6.54 Å². The summed E-state index contributed by atoms with van der Waals surface area (Å²) < 4.78 is 1.15. The van der Waals surface area contributed by atoms with Gasteiger partial charge in [0.2, 0.25) is 0 Å². The average molecular weight is 339 g/mol. The number of thiophene rings is 1. The fourth-order valence-corrected chi connectivity index (χ4v) is 3.63. The lowest BCUT2D eigenvalue weighted by atomic mass is 10.0. The molecular weight excluding hydrogens is 320 g/mol. The second-order valence-corrected chi connectivity index (χ2v) is 6.57. The van der Waals surface area contributed by atoms with Crippen molar-refractivity contribution in [3.63, 3.8) is 0 Å². The number of hydrogen-bond acceptors (Lipinski definition) is 3. The number of hydrogen-bond donors (Lipinski definition) is 1. The van der Waals surface area contributed by atoms with Crippen molar-refractivity contribution in [3.8, 4) is 0 Å². The molecule has 1 atom stereocenters. The van der Waals surface area contributed by atoms with Gasteiger partial charge in [-0.3, -0.25) is 0 Å². The largest absolute Gasteiger partial charge is 0.369 e. The molecule has 0 bridgehead atoms. The van der Waals surface area contributed by atoms with Gasteiger partial charge in [-0.2, -0.15) is 0 Å². The first-order valence-electron chi connectivity index (χ1n) is 6.40. The van der Waals surface area contributed by atoms with Crippen LogP contribution in [0.3, 0.4) is 0 Å². The van der Waals surface area contributed by atoms with Crippen LogP contribution in [0.4, 0.5) is 5.69 Å². The minimum atomic E-state index is 0.105. The smallest absolute Gasteiger partial charge is 0.0520 e. The predicted octanol–water partition coefficient (Wildman–Crippen LogP) is 4.56. The molecule has 0 amide bonds. The minimum Gasteiger partial charge on any atom is -0.369 e. The molecule has 0 aliphatic carbocycles. The van der Waals surface area contributed by atoms with Gasteiger partial charge in [0.05, 0.1) is 6.54 Å². The van der Waals surface area contributed by atoms with Gasteiger partial charge in [-0.05, 0) is 40.0 Å². The Kier molecular flexibility index (Phi) is 5.02. The van der Waals surface area contributed by atoms with Gasteiger partial charge in [-0.1, -0.05) is 25.1 Å². The summed E-state index contributed by atoms with van der Waals surface area (Å²) in [6.07, 6.45) is 0.954. The normalized spacial score (nSPS) is 12.4. The summed E-state index contributed by atoms with van der Waals surface area (Å²) in [5.74, 6) is 0. The molecule has 0 fully saturated rings. The summed E-state index contributed by atoms with van der Waals surface area (Å²) in [4.78, 5) is 3.61. The molecule has 0 saturated carbocycles. The Morgan fingerprint density at radius 2 is 2.11 bits per heavy atom. The van der Waals surface area contributed by atoms with E-state index in [-0.39, 0.29) is 6.04 Å². The van der Waals surface area contributed by atoms with E-state index in [1.807, 2.05) is 0 Å². The summed E-state index contributed by atoms with van der Waals surface area (Å²) in [5.41, 5.74) is 8.65. The van der Waals surface area contributed by atoms with Gasteiger partial charge in [0.25, 0.3) is 0 Å². The van der Waals surface area contributed by atoms with E-state index < -0.39 is 0 Å². The van der Waals surface area contributed by atoms with Crippen LogP contribution < -0.4 is 10.6 Å². The van der Waals surface area contributed by atoms with Crippen molar-refractivity contribution in [2.24, 2.45) is 5.73 Å². The Morgan fingerprint density at radius 3 is 2.74 bits per heavy atom. The van der Waals surface area contributed by atoms with Crippen molar-refractivity contribution in [3.05, 3.63) is 50.6 Å². The van der Waals surface area contributed by atoms with Crippen molar-refractivity contribution < 1.29 is 0 Å². The van der Waals surface area contributed by atoms with Crippen molar-refractivity contribution in [2.75, 3.05) is 11.9 Å². The number of anilines is 1. The van der Waals surface area contributed by atoms with E-state index in [1.54, 1.807) is 11.3 Å². The molecule has 2 aromatic rings. The molecule has 0 aliphatic heterocycles. The highest BCUT2D eigenvalue weighted by atomic mass is 79.9. The van der Waals surface area contributed by atoms with E-state index in [1.165, 1.54) is 16.1 Å². The molecule has 2 nitrogen and oxygen atoms in total. The molecule has 0 spiro atoms. The summed E-state index contributed by atoms with van der Waals surface area (Å²) in [6.45, 7) is 3.03. The van der Waals surface area contributed by atoms with E-state index in [9.17, 15) is 0 Å². The molecule has 0 radical (unpaired) electrons. The highest BCUT2D eigenvalue weighted by molar-refractivity contribution is 9.10. The summed E-state index contributed by atoms with van der Waals surface area (Å²) in [6, 6.07) is 10.7. The molecule has 1 aromatic heterocycles. The van der Waals surface area contributed by atoms with E-state index in [2.05, 4.69) is 70.5 Å². The van der Waals surface area contributed by atoms with Crippen molar-refractivity contribution >= 4 is 33.0 Å². The molecule has 0 saturated heterocycles. The minimum absolute atomic E-state index is 0.105. The van der Waals surface area contributed by atoms with Gasteiger partial charge in [-0.25, -0.2) is 0 Å². The molecule has 2 rings (SSSR count). The first-order chi connectivity index (χ1) is 9.11. The Hall–Kier alpha value is -0.840. The fraction of sp³-hybridized carbons (Fsp3) is 0.333. The zero-order valence-corrected chi connectivity index (χ0v) is 13.7. The molecule has 4 heteroatoms. The summed E-state index contributed by atoms with van der Waals surface area (Å²) >= 11 is 5.27. The Bertz CT molecular complexity index is 538. The number of para-hydroxylation sites is 1. The highest BCUT2D eigenvalue weighted by Crippen LogP contribution is 2.28. The molecular formula is C15H19BrN2S. The van der Waals surface area contributed by atoms with Crippen LogP contribution in [0.1, 0.15) is 29.8 Å². The lowest BCUT2D eigenvalue weighted by molar-refractivity contribution is 0.694. The van der Waals surface area contributed by atoms with Gasteiger partial charge in [0.15, 0.2) is 0 Å². The van der Waals surface area contributed by atoms with Gasteiger partial charge < -0.3 is 10.6 Å². The zero-order valence-electron chi connectivity index (χ0n) is 11.3. The third kappa shape index (κ3) is 3.59. The highest BCUT2D eigenvalue weighted by Gasteiger charge is 2.12. The Morgan fingerprint density at radius 1 is 1.37 bits per heavy atom. The molecule has 102 valence electrons. The number of halogens is 1. The first-order valence-corrected chi connectivity index (χ1v) is 8.07. The van der Waals surface area contributed by atoms with Crippen LogP contribution in [0.2, 0.25) is 0 Å². The van der Waals surface area contributed by atoms with Crippen LogP contribution in [0.15, 0.2) is 40.2 Å². The maximum absolute atomic E-state index is 6.20. The first kappa shape index (κ1) is 14.6. The average Bonchev–Trinajstić information content (AvgIpc) is 2.83. The predicted molar refractivity (Wildman–Crippen MR) is 87.8 cm³/mol. The SMILES string of the molecule is CC[C@@H](N)c1ccccc1N(C)Cc1cc(Br)cs1. The second kappa shape index (κ2) is 6.55. The Balaban J connectivity index is 2.21. The number of rotatable bonds is 5. The zero-order chi connectivity index (χ0) is 13.8. The third-order valence-corrected chi connectivity index (χ3v) is 4.88. The lowest BCUT2D eigenvalue weighted by Gasteiger charge is -2.24. The maximum Gasteiger partial charge on any atom is 0.0520 e. The number of benzene rings is 1. The molecule has 0 aliphatic rings. The van der Waals surface area contributed by atoms with Crippen molar-refractivity contribution in [1.29, 1.82) is 0 Å². The second-order valence-electron chi connectivity index (χ2n) is 4.66. The lowest BCUT2D eigenvalue weighted by Crippen LogP contribution is -2.20. The van der Waals surface area contributed by atoms with Crippen molar-refractivity contribution in [2.45, 2.75) is 25.9 Å². The summed E-state index contributed by atoms with van der Waals surface area (Å²) in [7, 11) is 2.12. The molecule has 19 heavy (non-hydrogen) atoms. The monoisotopic (exact) mass is 338 g/mol. The van der Waals surface area contributed by atoms with Crippen molar-refractivity contribution in [1.82, 2.24) is 0 Å². The fourth-order valence-electron chi connectivity index (χ4n) is 2.12. The van der Waals surface area contributed by atoms with Crippen LogP contribution in [0, 0.1) is 0 Å². The van der Waals surface area contributed by atoms with Crippen LogP contribution >= 0.6 is 27.3 Å². The van der Waals surface area contributed by atoms with Gasteiger partial charge in [0, 0.05) is 33.5 Å². The number of nitrogens with two attached hydrogens (primary N) is 1. The van der Waals surface area contributed by atoms with Gasteiger partial charge in [-0.15, -0.1) is 11.3 Å². The molecule has 2 N–H and O–H groups in total. The van der Waals surface area contributed by atoms with Gasteiger partial charge >= 0.3 is 0 Å².